The van der Waals surface area contributed by atoms with Crippen molar-refractivity contribution in [2.24, 2.45) is 17.8 Å². The van der Waals surface area contributed by atoms with E-state index >= 15 is 0 Å². The van der Waals surface area contributed by atoms with Crippen molar-refractivity contribution in [1.29, 1.82) is 0 Å². The van der Waals surface area contributed by atoms with Gasteiger partial charge in [0.1, 0.15) is 11.6 Å². The highest BCUT2D eigenvalue weighted by Gasteiger charge is 2.34. The number of rotatable bonds is 2. The maximum absolute atomic E-state index is 14.7. The Kier molecular flexibility index (Phi) is 4.62. The summed E-state index contributed by atoms with van der Waals surface area (Å²) >= 11 is 0. The predicted molar refractivity (Wildman–Crippen MR) is 98.4 cm³/mol. The van der Waals surface area contributed by atoms with Gasteiger partial charge in [0.15, 0.2) is 0 Å². The van der Waals surface area contributed by atoms with Crippen LogP contribution >= 0.6 is 0 Å². The smallest absolute Gasteiger partial charge is 0.131 e. The number of benzene rings is 2. The second-order valence-electron chi connectivity index (χ2n) is 8.20. The van der Waals surface area contributed by atoms with Crippen LogP contribution in [0.3, 0.4) is 0 Å². The normalized spacial score (nSPS) is 29.2. The van der Waals surface area contributed by atoms with E-state index in [9.17, 15) is 8.78 Å². The van der Waals surface area contributed by atoms with Gasteiger partial charge in [0, 0.05) is 5.56 Å². The van der Waals surface area contributed by atoms with Crippen LogP contribution in [0.4, 0.5) is 8.78 Å². The van der Waals surface area contributed by atoms with Gasteiger partial charge in [-0.3, -0.25) is 0 Å². The van der Waals surface area contributed by atoms with Crippen LogP contribution in [-0.4, -0.2) is 0 Å². The van der Waals surface area contributed by atoms with Gasteiger partial charge < -0.3 is 0 Å². The summed E-state index contributed by atoms with van der Waals surface area (Å²) < 4.78 is 28.1. The lowest BCUT2D eigenvalue weighted by atomic mass is 9.64. The Morgan fingerprint density at radius 2 is 1.64 bits per heavy atom. The highest BCUT2D eigenvalue weighted by atomic mass is 19.1. The molecule has 2 aliphatic carbocycles. The topological polar surface area (TPSA) is 0 Å². The van der Waals surface area contributed by atoms with Gasteiger partial charge in [-0.1, -0.05) is 37.6 Å². The molecule has 0 radical (unpaired) electrons. The second-order valence-corrected chi connectivity index (χ2v) is 8.20. The SMILES string of the molecule is CC1CC[C@@H]2C[C@H](c3ccc(-c4cccc(F)c4)c(F)c3)CC[C@@H]2C1. The number of halogens is 2. The molecule has 132 valence electrons. The van der Waals surface area contributed by atoms with Crippen LogP contribution in [0.1, 0.15) is 56.9 Å². The van der Waals surface area contributed by atoms with Crippen molar-refractivity contribution in [3.8, 4) is 11.1 Å². The highest BCUT2D eigenvalue weighted by molar-refractivity contribution is 5.64. The number of hydrogen-bond acceptors (Lipinski definition) is 0. The van der Waals surface area contributed by atoms with Crippen LogP contribution < -0.4 is 0 Å². The lowest BCUT2D eigenvalue weighted by Gasteiger charge is -2.41. The fraction of sp³-hybridized carbons (Fsp3) is 0.478. The average Bonchev–Trinajstić information content (AvgIpc) is 2.61. The minimum atomic E-state index is -0.328. The molecule has 0 heterocycles. The van der Waals surface area contributed by atoms with E-state index in [1.807, 2.05) is 6.07 Å². The Hall–Kier alpha value is -1.70. The molecule has 1 unspecified atom stereocenters. The average molecular weight is 340 g/mol. The van der Waals surface area contributed by atoms with Gasteiger partial charge in [0.25, 0.3) is 0 Å². The van der Waals surface area contributed by atoms with Crippen LogP contribution in [-0.2, 0) is 0 Å². The van der Waals surface area contributed by atoms with Crippen LogP contribution in [0, 0.1) is 29.4 Å². The van der Waals surface area contributed by atoms with Crippen LogP contribution in [0.15, 0.2) is 42.5 Å². The van der Waals surface area contributed by atoms with Crippen molar-refractivity contribution in [1.82, 2.24) is 0 Å². The summed E-state index contributed by atoms with van der Waals surface area (Å²) in [5, 5.41) is 0. The lowest BCUT2D eigenvalue weighted by molar-refractivity contribution is 0.124. The van der Waals surface area contributed by atoms with E-state index in [1.54, 1.807) is 18.2 Å². The fourth-order valence-corrected chi connectivity index (χ4v) is 5.10. The largest absolute Gasteiger partial charge is 0.207 e. The van der Waals surface area contributed by atoms with Crippen LogP contribution in [0.2, 0.25) is 0 Å². The second kappa shape index (κ2) is 6.90. The summed E-state index contributed by atoms with van der Waals surface area (Å²) in [6.07, 6.45) is 7.73. The number of hydrogen-bond donors (Lipinski definition) is 0. The van der Waals surface area contributed by atoms with Crippen molar-refractivity contribution in [2.45, 2.75) is 51.4 Å². The number of fused-ring (bicyclic) bond motifs is 1. The van der Waals surface area contributed by atoms with Crippen LogP contribution in [0.5, 0.6) is 0 Å². The van der Waals surface area contributed by atoms with E-state index in [2.05, 4.69) is 13.0 Å². The molecule has 25 heavy (non-hydrogen) atoms. The van der Waals surface area contributed by atoms with Gasteiger partial charge in [-0.25, -0.2) is 8.78 Å². The molecule has 0 bridgehead atoms. The summed E-state index contributed by atoms with van der Waals surface area (Å²) in [4.78, 5) is 0. The molecule has 0 aliphatic heterocycles. The first-order valence-corrected chi connectivity index (χ1v) is 9.65. The maximum atomic E-state index is 14.7. The third kappa shape index (κ3) is 3.49. The Balaban J connectivity index is 1.53. The van der Waals surface area contributed by atoms with Gasteiger partial charge in [-0.15, -0.1) is 0 Å². The summed E-state index contributed by atoms with van der Waals surface area (Å²) in [5.41, 5.74) is 2.21. The third-order valence-corrected chi connectivity index (χ3v) is 6.48. The van der Waals surface area contributed by atoms with Gasteiger partial charge in [0.05, 0.1) is 0 Å². The zero-order chi connectivity index (χ0) is 17.4. The molecular weight excluding hydrogens is 314 g/mol. The molecule has 2 heteroatoms. The quantitative estimate of drug-likeness (QED) is 0.555. The molecule has 2 saturated carbocycles. The van der Waals surface area contributed by atoms with E-state index < -0.39 is 0 Å². The lowest BCUT2D eigenvalue weighted by Crippen LogP contribution is -2.29. The zero-order valence-corrected chi connectivity index (χ0v) is 14.8. The first kappa shape index (κ1) is 16.8. The van der Waals surface area contributed by atoms with E-state index in [0.29, 0.717) is 17.0 Å². The summed E-state index contributed by atoms with van der Waals surface area (Å²) in [6.45, 7) is 2.38. The zero-order valence-electron chi connectivity index (χ0n) is 14.8. The molecule has 0 aromatic heterocycles. The first-order valence-electron chi connectivity index (χ1n) is 9.65. The Morgan fingerprint density at radius 1 is 0.840 bits per heavy atom. The summed E-state index contributed by atoms with van der Waals surface area (Å²) in [5.74, 6) is 2.50. The fourth-order valence-electron chi connectivity index (χ4n) is 5.10. The highest BCUT2D eigenvalue weighted by Crippen LogP contribution is 2.47. The Labute approximate surface area is 149 Å². The van der Waals surface area contributed by atoms with Gasteiger partial charge in [0.2, 0.25) is 0 Å². The van der Waals surface area contributed by atoms with Crippen LogP contribution in [0.25, 0.3) is 11.1 Å². The van der Waals surface area contributed by atoms with E-state index in [-0.39, 0.29) is 11.6 Å². The standard InChI is InChI=1S/C23H26F2/c1-15-5-6-17-12-18(8-7-16(17)11-15)19-9-10-22(23(25)14-19)20-3-2-4-21(24)13-20/h2-4,9-10,13-18H,5-8,11-12H2,1H3/t15?,16-,17-,18-/m1/s1. The van der Waals surface area contributed by atoms with E-state index in [0.717, 1.165) is 23.3 Å². The monoisotopic (exact) mass is 340 g/mol. The van der Waals surface area contributed by atoms with Crippen molar-refractivity contribution >= 4 is 0 Å². The molecule has 2 aliphatic rings. The Morgan fingerprint density at radius 3 is 2.44 bits per heavy atom. The van der Waals surface area contributed by atoms with Gasteiger partial charge in [-0.05, 0) is 85.1 Å². The first-order chi connectivity index (χ1) is 12.1. The van der Waals surface area contributed by atoms with Gasteiger partial charge >= 0.3 is 0 Å². The van der Waals surface area contributed by atoms with E-state index in [1.165, 1.54) is 50.7 Å². The molecule has 4 atom stereocenters. The molecule has 0 nitrogen and oxygen atoms in total. The third-order valence-electron chi connectivity index (χ3n) is 6.48. The molecule has 2 aromatic rings. The van der Waals surface area contributed by atoms with Gasteiger partial charge in [-0.2, -0.15) is 0 Å². The molecule has 0 N–H and O–H groups in total. The Bertz CT molecular complexity index is 752. The molecule has 0 saturated heterocycles. The van der Waals surface area contributed by atoms with Crippen molar-refractivity contribution in [3.63, 3.8) is 0 Å². The molecule has 0 amide bonds. The van der Waals surface area contributed by atoms with Crippen molar-refractivity contribution in [2.75, 3.05) is 0 Å². The summed E-state index contributed by atoms with van der Waals surface area (Å²) in [6, 6.07) is 11.7. The molecule has 2 aromatic carbocycles. The van der Waals surface area contributed by atoms with E-state index in [4.69, 9.17) is 0 Å². The van der Waals surface area contributed by atoms with Crippen molar-refractivity contribution < 1.29 is 8.78 Å². The predicted octanol–water partition coefficient (Wildman–Crippen LogP) is 6.95. The maximum Gasteiger partial charge on any atom is 0.131 e. The molecule has 2 fully saturated rings. The molecule has 4 rings (SSSR count). The summed E-state index contributed by atoms with van der Waals surface area (Å²) in [7, 11) is 0. The minimum Gasteiger partial charge on any atom is -0.207 e. The van der Waals surface area contributed by atoms with Crippen molar-refractivity contribution in [3.05, 3.63) is 59.7 Å². The molecule has 0 spiro atoms. The minimum absolute atomic E-state index is 0.234. The molecular formula is C23H26F2.